The lowest BCUT2D eigenvalue weighted by Crippen LogP contribution is -2.41. The molecule has 0 spiro atoms. The maximum atomic E-state index is 12.4. The Kier molecular flexibility index (Phi) is 10.1. The van der Waals surface area contributed by atoms with Crippen LogP contribution in [0.2, 0.25) is 5.02 Å². The van der Waals surface area contributed by atoms with Gasteiger partial charge in [-0.05, 0) is 88.8 Å². The van der Waals surface area contributed by atoms with Crippen LogP contribution in [0.3, 0.4) is 0 Å². The molecular formula is C23H37ClN2O2. The van der Waals surface area contributed by atoms with Gasteiger partial charge in [-0.25, -0.2) is 4.79 Å². The van der Waals surface area contributed by atoms with Gasteiger partial charge in [-0.2, -0.15) is 0 Å². The van der Waals surface area contributed by atoms with E-state index < -0.39 is 0 Å². The minimum Gasteiger partial charge on any atom is -0.410 e. The molecule has 0 atom stereocenters. The van der Waals surface area contributed by atoms with Gasteiger partial charge in [0.2, 0.25) is 0 Å². The first-order chi connectivity index (χ1) is 13.5. The Balaban J connectivity index is 1.61. The van der Waals surface area contributed by atoms with E-state index in [0.29, 0.717) is 16.8 Å². The summed E-state index contributed by atoms with van der Waals surface area (Å²) in [7, 11) is 4.08. The lowest BCUT2D eigenvalue weighted by molar-refractivity contribution is 0.123. The second-order valence-electron chi connectivity index (χ2n) is 8.26. The molecule has 158 valence electrons. The predicted octanol–water partition coefficient (Wildman–Crippen LogP) is 6.23. The highest BCUT2D eigenvalue weighted by atomic mass is 35.5. The summed E-state index contributed by atoms with van der Waals surface area (Å²) in [5.74, 6) is 1.37. The van der Waals surface area contributed by atoms with Crippen molar-refractivity contribution in [1.82, 2.24) is 9.80 Å². The minimum atomic E-state index is -0.276. The number of unbranched alkanes of at least 4 members (excludes halogenated alkanes) is 2. The maximum Gasteiger partial charge on any atom is 0.415 e. The number of nitrogens with zero attached hydrogens (tertiary/aromatic N) is 2. The quantitative estimate of drug-likeness (QED) is 0.430. The SMILES string of the molecule is CCCN(C)CCCCC[C@H]1CC[C@H](N(C)C(=O)Oc2ccc(Cl)cc2)CC1. The van der Waals surface area contributed by atoms with E-state index in [2.05, 4.69) is 18.9 Å². The van der Waals surface area contributed by atoms with E-state index >= 15 is 0 Å². The number of halogens is 1. The van der Waals surface area contributed by atoms with Crippen LogP contribution in [-0.4, -0.2) is 49.1 Å². The zero-order valence-corrected chi connectivity index (χ0v) is 18.6. The van der Waals surface area contributed by atoms with Gasteiger partial charge in [-0.15, -0.1) is 0 Å². The smallest absolute Gasteiger partial charge is 0.410 e. The molecule has 1 aromatic rings. The molecule has 0 radical (unpaired) electrons. The van der Waals surface area contributed by atoms with Crippen molar-refractivity contribution in [3.63, 3.8) is 0 Å². The van der Waals surface area contributed by atoms with Crippen LogP contribution in [0.4, 0.5) is 4.79 Å². The monoisotopic (exact) mass is 408 g/mol. The number of hydrogen-bond acceptors (Lipinski definition) is 3. The number of hydrogen-bond donors (Lipinski definition) is 0. The van der Waals surface area contributed by atoms with Crippen molar-refractivity contribution in [3.8, 4) is 5.75 Å². The van der Waals surface area contributed by atoms with Crippen molar-refractivity contribution in [1.29, 1.82) is 0 Å². The maximum absolute atomic E-state index is 12.4. The second-order valence-corrected chi connectivity index (χ2v) is 8.70. The fourth-order valence-electron chi connectivity index (χ4n) is 4.13. The van der Waals surface area contributed by atoms with Crippen LogP contribution in [-0.2, 0) is 0 Å². The summed E-state index contributed by atoms with van der Waals surface area (Å²) in [5, 5.41) is 0.638. The van der Waals surface area contributed by atoms with Gasteiger partial charge in [0.25, 0.3) is 0 Å². The number of carbonyl (C=O) groups excluding carboxylic acids is 1. The Morgan fingerprint density at radius 3 is 2.36 bits per heavy atom. The number of rotatable bonds is 10. The van der Waals surface area contributed by atoms with E-state index in [1.165, 1.54) is 58.0 Å². The van der Waals surface area contributed by atoms with Crippen LogP contribution < -0.4 is 4.74 Å². The predicted molar refractivity (Wildman–Crippen MR) is 117 cm³/mol. The summed E-state index contributed by atoms with van der Waals surface area (Å²) < 4.78 is 5.46. The molecule has 0 bridgehead atoms. The molecular weight excluding hydrogens is 372 g/mol. The van der Waals surface area contributed by atoms with Gasteiger partial charge in [-0.3, -0.25) is 0 Å². The Morgan fingerprint density at radius 2 is 1.71 bits per heavy atom. The standard InChI is InChI=1S/C23H37ClN2O2/c1-4-17-25(2)18-7-5-6-8-19-9-13-21(14-10-19)26(3)23(27)28-22-15-11-20(24)12-16-22/h11-12,15-16,19,21H,4-10,13-14,17-18H2,1-3H3/t19-,21-. The van der Waals surface area contributed by atoms with Gasteiger partial charge < -0.3 is 14.5 Å². The molecule has 4 nitrogen and oxygen atoms in total. The molecule has 0 aromatic heterocycles. The Bertz CT molecular complexity index is 570. The molecule has 28 heavy (non-hydrogen) atoms. The number of carbonyl (C=O) groups is 1. The molecule has 1 saturated carbocycles. The van der Waals surface area contributed by atoms with E-state index in [4.69, 9.17) is 16.3 Å². The summed E-state index contributed by atoms with van der Waals surface area (Å²) in [6.45, 7) is 4.67. The number of amides is 1. The topological polar surface area (TPSA) is 32.8 Å². The van der Waals surface area contributed by atoms with Gasteiger partial charge in [0, 0.05) is 18.1 Å². The average Bonchev–Trinajstić information content (AvgIpc) is 2.69. The summed E-state index contributed by atoms with van der Waals surface area (Å²) in [6, 6.07) is 7.21. The van der Waals surface area contributed by atoms with Gasteiger partial charge in [-0.1, -0.05) is 37.8 Å². The summed E-state index contributed by atoms with van der Waals surface area (Å²) >= 11 is 5.87. The van der Waals surface area contributed by atoms with Crippen LogP contribution in [0.25, 0.3) is 0 Å². The van der Waals surface area contributed by atoms with E-state index in [0.717, 1.165) is 18.8 Å². The third-order valence-corrected chi connectivity index (χ3v) is 6.18. The van der Waals surface area contributed by atoms with Gasteiger partial charge in [0.1, 0.15) is 5.75 Å². The average molecular weight is 409 g/mol. The molecule has 1 aliphatic carbocycles. The Hall–Kier alpha value is -1.26. The van der Waals surface area contributed by atoms with Crippen LogP contribution in [0, 0.1) is 5.92 Å². The van der Waals surface area contributed by atoms with Gasteiger partial charge in [0.15, 0.2) is 0 Å². The second kappa shape index (κ2) is 12.3. The van der Waals surface area contributed by atoms with Crippen molar-refractivity contribution in [2.75, 3.05) is 27.2 Å². The fraction of sp³-hybridized carbons (Fsp3) is 0.696. The van der Waals surface area contributed by atoms with Crippen LogP contribution in [0.15, 0.2) is 24.3 Å². The van der Waals surface area contributed by atoms with E-state index in [1.54, 1.807) is 29.2 Å². The van der Waals surface area contributed by atoms with E-state index in [9.17, 15) is 4.79 Å². The largest absolute Gasteiger partial charge is 0.415 e. The third-order valence-electron chi connectivity index (χ3n) is 5.93. The molecule has 0 N–H and O–H groups in total. The Labute approximate surface area is 176 Å². The molecule has 0 aliphatic heterocycles. The summed E-state index contributed by atoms with van der Waals surface area (Å²) in [5.41, 5.74) is 0. The van der Waals surface area contributed by atoms with E-state index in [1.807, 2.05) is 7.05 Å². The molecule has 5 heteroatoms. The van der Waals surface area contributed by atoms with Crippen LogP contribution >= 0.6 is 11.6 Å². The first-order valence-corrected chi connectivity index (χ1v) is 11.3. The Morgan fingerprint density at radius 1 is 1.04 bits per heavy atom. The highest BCUT2D eigenvalue weighted by molar-refractivity contribution is 6.30. The van der Waals surface area contributed by atoms with Crippen molar-refractivity contribution in [3.05, 3.63) is 29.3 Å². The summed E-state index contributed by atoms with van der Waals surface area (Å²) in [6.07, 6.45) is 10.9. The third kappa shape index (κ3) is 8.00. The zero-order chi connectivity index (χ0) is 20.4. The molecule has 1 aliphatic rings. The first kappa shape index (κ1) is 23.0. The van der Waals surface area contributed by atoms with Gasteiger partial charge >= 0.3 is 6.09 Å². The van der Waals surface area contributed by atoms with Crippen molar-refractivity contribution in [2.24, 2.45) is 5.92 Å². The van der Waals surface area contributed by atoms with E-state index in [-0.39, 0.29) is 6.09 Å². The van der Waals surface area contributed by atoms with Gasteiger partial charge in [0.05, 0.1) is 0 Å². The normalized spacial score (nSPS) is 19.6. The highest BCUT2D eigenvalue weighted by Crippen LogP contribution is 2.31. The lowest BCUT2D eigenvalue weighted by atomic mass is 9.82. The van der Waals surface area contributed by atoms with Crippen LogP contribution in [0.1, 0.15) is 64.7 Å². The van der Waals surface area contributed by atoms with Crippen molar-refractivity contribution < 1.29 is 9.53 Å². The summed E-state index contributed by atoms with van der Waals surface area (Å²) in [4.78, 5) is 16.6. The van der Waals surface area contributed by atoms with Crippen molar-refractivity contribution in [2.45, 2.75) is 70.8 Å². The highest BCUT2D eigenvalue weighted by Gasteiger charge is 2.27. The first-order valence-electron chi connectivity index (χ1n) is 10.9. The number of benzene rings is 1. The number of ether oxygens (including phenoxy) is 1. The molecule has 0 unspecified atom stereocenters. The fourth-order valence-corrected chi connectivity index (χ4v) is 4.26. The molecule has 1 aromatic carbocycles. The van der Waals surface area contributed by atoms with Crippen molar-refractivity contribution >= 4 is 17.7 Å². The molecule has 2 rings (SSSR count). The molecule has 0 heterocycles. The molecule has 1 fully saturated rings. The zero-order valence-electron chi connectivity index (χ0n) is 17.8. The lowest BCUT2D eigenvalue weighted by Gasteiger charge is -2.34. The van der Waals surface area contributed by atoms with Crippen LogP contribution in [0.5, 0.6) is 5.75 Å². The molecule has 0 saturated heterocycles. The molecule has 1 amide bonds. The minimum absolute atomic E-state index is 0.276.